The first-order valence-corrected chi connectivity index (χ1v) is 5.71. The highest BCUT2D eigenvalue weighted by atomic mass is 16.4. The number of carboxylic acids is 1. The molecule has 0 atom stereocenters. The molecule has 0 aromatic heterocycles. The minimum atomic E-state index is -0.980. The molecule has 0 heterocycles. The van der Waals surface area contributed by atoms with Gasteiger partial charge in [-0.1, -0.05) is 0 Å². The highest BCUT2D eigenvalue weighted by Crippen LogP contribution is 2.34. The first-order valence-electron chi connectivity index (χ1n) is 5.71. The van der Waals surface area contributed by atoms with E-state index in [1.165, 1.54) is 0 Å². The third-order valence-electron chi connectivity index (χ3n) is 3.72. The van der Waals surface area contributed by atoms with Crippen LogP contribution in [-0.2, 0) is 9.59 Å². The zero-order valence-electron chi connectivity index (χ0n) is 10.5. The van der Waals surface area contributed by atoms with Crippen LogP contribution in [0.2, 0.25) is 0 Å². The molecule has 1 amide bonds. The molecule has 1 fully saturated rings. The number of amides is 1. The fraction of sp³-hybridized carbons (Fsp3) is 0.833. The van der Waals surface area contributed by atoms with Crippen molar-refractivity contribution in [2.75, 3.05) is 0 Å². The van der Waals surface area contributed by atoms with Crippen molar-refractivity contribution in [3.8, 4) is 0 Å². The van der Waals surface area contributed by atoms with E-state index in [4.69, 9.17) is 5.11 Å². The summed E-state index contributed by atoms with van der Waals surface area (Å²) >= 11 is 0. The number of carbonyl (C=O) groups excluding carboxylic acids is 1. The van der Waals surface area contributed by atoms with Gasteiger partial charge in [0.1, 0.15) is 0 Å². The van der Waals surface area contributed by atoms with E-state index in [9.17, 15) is 9.59 Å². The average molecular weight is 227 g/mol. The largest absolute Gasteiger partial charge is 0.481 e. The van der Waals surface area contributed by atoms with E-state index in [-0.39, 0.29) is 5.91 Å². The fourth-order valence-electron chi connectivity index (χ4n) is 1.41. The first-order chi connectivity index (χ1) is 7.17. The summed E-state index contributed by atoms with van der Waals surface area (Å²) in [5.41, 5.74) is -1.73. The van der Waals surface area contributed by atoms with Crippen LogP contribution in [0.25, 0.3) is 0 Å². The predicted molar refractivity (Wildman–Crippen MR) is 61.0 cm³/mol. The summed E-state index contributed by atoms with van der Waals surface area (Å²) in [7, 11) is 0. The number of hydrogen-bond donors (Lipinski definition) is 2. The summed E-state index contributed by atoms with van der Waals surface area (Å²) < 4.78 is 0. The Bertz CT molecular complexity index is 303. The van der Waals surface area contributed by atoms with Crippen LogP contribution in [-0.4, -0.2) is 22.5 Å². The van der Waals surface area contributed by atoms with Crippen molar-refractivity contribution in [2.45, 2.75) is 52.5 Å². The van der Waals surface area contributed by atoms with Crippen LogP contribution in [0.15, 0.2) is 0 Å². The molecule has 0 radical (unpaired) electrons. The van der Waals surface area contributed by atoms with Crippen molar-refractivity contribution < 1.29 is 14.7 Å². The van der Waals surface area contributed by atoms with Crippen LogP contribution < -0.4 is 5.32 Å². The molecule has 1 rings (SSSR count). The van der Waals surface area contributed by atoms with Crippen LogP contribution in [0, 0.1) is 11.3 Å². The molecule has 0 saturated heterocycles. The lowest BCUT2D eigenvalue weighted by Crippen LogP contribution is -2.57. The second-order valence-corrected chi connectivity index (χ2v) is 5.75. The normalized spacial score (nSPS) is 17.0. The van der Waals surface area contributed by atoms with Gasteiger partial charge in [0.05, 0.1) is 5.41 Å². The molecule has 0 bridgehead atoms. The molecule has 16 heavy (non-hydrogen) atoms. The van der Waals surface area contributed by atoms with Crippen molar-refractivity contribution >= 4 is 11.9 Å². The lowest BCUT2D eigenvalue weighted by Gasteiger charge is -2.38. The number of carbonyl (C=O) groups is 2. The van der Waals surface area contributed by atoms with Gasteiger partial charge in [-0.3, -0.25) is 9.59 Å². The third kappa shape index (κ3) is 2.74. The Labute approximate surface area is 96.4 Å². The Morgan fingerprint density at radius 3 is 2.12 bits per heavy atom. The maximum absolute atomic E-state index is 11.7. The molecular weight excluding hydrogens is 206 g/mol. The van der Waals surface area contributed by atoms with Gasteiger partial charge in [0.2, 0.25) is 5.91 Å². The minimum absolute atomic E-state index is 0.0400. The quantitative estimate of drug-likeness (QED) is 0.752. The van der Waals surface area contributed by atoms with E-state index < -0.39 is 16.9 Å². The fourth-order valence-corrected chi connectivity index (χ4v) is 1.41. The number of nitrogens with one attached hydrogen (secondary N) is 1. The van der Waals surface area contributed by atoms with Gasteiger partial charge < -0.3 is 10.4 Å². The maximum atomic E-state index is 11.7. The van der Waals surface area contributed by atoms with E-state index in [1.54, 1.807) is 27.7 Å². The molecule has 1 saturated carbocycles. The Morgan fingerprint density at radius 2 is 1.75 bits per heavy atom. The highest BCUT2D eigenvalue weighted by Gasteiger charge is 2.44. The molecule has 0 unspecified atom stereocenters. The lowest BCUT2D eigenvalue weighted by atomic mass is 9.74. The zero-order valence-corrected chi connectivity index (χ0v) is 10.5. The van der Waals surface area contributed by atoms with Crippen molar-refractivity contribution in [1.29, 1.82) is 0 Å². The minimum Gasteiger partial charge on any atom is -0.481 e. The molecule has 0 aliphatic heterocycles. The van der Waals surface area contributed by atoms with Gasteiger partial charge in [-0.25, -0.2) is 0 Å². The van der Waals surface area contributed by atoms with Crippen LogP contribution in [0.4, 0.5) is 0 Å². The molecule has 1 aliphatic carbocycles. The van der Waals surface area contributed by atoms with Gasteiger partial charge in [0, 0.05) is 12.0 Å². The van der Waals surface area contributed by atoms with E-state index in [1.807, 2.05) is 0 Å². The Balaban J connectivity index is 2.61. The van der Waals surface area contributed by atoms with Crippen molar-refractivity contribution in [1.82, 2.24) is 5.32 Å². The van der Waals surface area contributed by atoms with Gasteiger partial charge >= 0.3 is 5.97 Å². The zero-order chi connectivity index (χ0) is 12.6. The molecule has 0 aromatic carbocycles. The molecule has 4 nitrogen and oxygen atoms in total. The number of hydrogen-bond acceptors (Lipinski definition) is 2. The number of aliphatic carboxylic acids is 1. The van der Waals surface area contributed by atoms with E-state index in [2.05, 4.69) is 5.32 Å². The molecule has 4 heteroatoms. The van der Waals surface area contributed by atoms with E-state index in [0.29, 0.717) is 12.3 Å². The van der Waals surface area contributed by atoms with Crippen molar-refractivity contribution in [2.24, 2.45) is 11.3 Å². The molecule has 92 valence electrons. The SMILES string of the molecule is CC(C)(NC(=O)CC1CC1)C(C)(C)C(=O)O. The second-order valence-electron chi connectivity index (χ2n) is 5.75. The molecular formula is C12H21NO3. The maximum Gasteiger partial charge on any atom is 0.311 e. The molecule has 2 N–H and O–H groups in total. The molecule has 0 spiro atoms. The molecule has 1 aliphatic rings. The monoisotopic (exact) mass is 227 g/mol. The van der Waals surface area contributed by atoms with Crippen LogP contribution in [0.3, 0.4) is 0 Å². The predicted octanol–water partition coefficient (Wildman–Crippen LogP) is 1.79. The second kappa shape index (κ2) is 4.07. The third-order valence-corrected chi connectivity index (χ3v) is 3.72. The Morgan fingerprint density at radius 1 is 1.25 bits per heavy atom. The van der Waals surface area contributed by atoms with Gasteiger partial charge in [-0.2, -0.15) is 0 Å². The summed E-state index contributed by atoms with van der Waals surface area (Å²) in [4.78, 5) is 22.8. The Hall–Kier alpha value is -1.06. The summed E-state index contributed by atoms with van der Waals surface area (Å²) in [6.45, 7) is 6.78. The summed E-state index contributed by atoms with van der Waals surface area (Å²) in [6.07, 6.45) is 2.77. The Kier molecular flexibility index (Phi) is 3.31. The van der Waals surface area contributed by atoms with Gasteiger partial charge in [0.25, 0.3) is 0 Å². The smallest absolute Gasteiger partial charge is 0.311 e. The van der Waals surface area contributed by atoms with Crippen LogP contribution >= 0.6 is 0 Å². The van der Waals surface area contributed by atoms with Crippen molar-refractivity contribution in [3.63, 3.8) is 0 Å². The molecule has 0 aromatic rings. The summed E-state index contributed by atoms with van der Waals surface area (Å²) in [5.74, 6) is -0.421. The van der Waals surface area contributed by atoms with Crippen LogP contribution in [0.5, 0.6) is 0 Å². The van der Waals surface area contributed by atoms with Crippen LogP contribution in [0.1, 0.15) is 47.0 Å². The van der Waals surface area contributed by atoms with Gasteiger partial charge in [-0.05, 0) is 46.5 Å². The van der Waals surface area contributed by atoms with Gasteiger partial charge in [-0.15, -0.1) is 0 Å². The van der Waals surface area contributed by atoms with Gasteiger partial charge in [0.15, 0.2) is 0 Å². The summed E-state index contributed by atoms with van der Waals surface area (Å²) in [5, 5.41) is 12.0. The average Bonchev–Trinajstić information content (AvgIpc) is 2.85. The number of rotatable bonds is 5. The highest BCUT2D eigenvalue weighted by molar-refractivity contribution is 5.80. The standard InChI is InChI=1S/C12H21NO3/c1-11(2,10(15)16)12(3,4)13-9(14)7-8-5-6-8/h8H,5-7H2,1-4H3,(H,13,14)(H,15,16). The number of carboxylic acid groups (broad SMARTS) is 1. The van der Waals surface area contributed by atoms with E-state index in [0.717, 1.165) is 12.8 Å². The van der Waals surface area contributed by atoms with Crippen molar-refractivity contribution in [3.05, 3.63) is 0 Å². The summed E-state index contributed by atoms with van der Waals surface area (Å²) in [6, 6.07) is 0. The lowest BCUT2D eigenvalue weighted by molar-refractivity contribution is -0.151. The van der Waals surface area contributed by atoms with E-state index >= 15 is 0 Å². The first kappa shape index (κ1) is 13.0. The topological polar surface area (TPSA) is 66.4 Å².